The van der Waals surface area contributed by atoms with E-state index < -0.39 is 0 Å². The van der Waals surface area contributed by atoms with Gasteiger partial charge in [-0.3, -0.25) is 15.0 Å². The van der Waals surface area contributed by atoms with E-state index in [1.54, 1.807) is 29.5 Å². The van der Waals surface area contributed by atoms with Crippen LogP contribution in [0.3, 0.4) is 0 Å². The predicted molar refractivity (Wildman–Crippen MR) is 158 cm³/mol. The molecule has 38 heavy (non-hydrogen) atoms. The van der Waals surface area contributed by atoms with Crippen LogP contribution in [-0.4, -0.2) is 66.3 Å². The van der Waals surface area contributed by atoms with Crippen LogP contribution in [0.25, 0.3) is 10.6 Å². The summed E-state index contributed by atoms with van der Waals surface area (Å²) in [5, 5.41) is 16.4. The quantitative estimate of drug-likeness (QED) is 0.270. The van der Waals surface area contributed by atoms with Gasteiger partial charge in [-0.05, 0) is 37.1 Å². The number of halogens is 2. The fourth-order valence-corrected chi connectivity index (χ4v) is 7.48. The van der Waals surface area contributed by atoms with E-state index in [0.717, 1.165) is 47.8 Å². The zero-order valence-electron chi connectivity index (χ0n) is 21.1. The highest BCUT2D eigenvalue weighted by Crippen LogP contribution is 2.42. The number of anilines is 2. The number of ether oxygens (including phenoxy) is 1. The van der Waals surface area contributed by atoms with Gasteiger partial charge in [0.25, 0.3) is 5.91 Å². The number of rotatable bonds is 9. The van der Waals surface area contributed by atoms with Crippen molar-refractivity contribution in [2.24, 2.45) is 0 Å². The third kappa shape index (κ3) is 6.63. The topological polar surface area (TPSA) is 77.9 Å². The van der Waals surface area contributed by atoms with E-state index in [2.05, 4.69) is 15.1 Å². The summed E-state index contributed by atoms with van der Waals surface area (Å²) >= 11 is 15.6. The van der Waals surface area contributed by atoms with Crippen LogP contribution in [0.2, 0.25) is 10.0 Å². The summed E-state index contributed by atoms with van der Waals surface area (Å²) in [6.07, 6.45) is 7.20. The molecular formula is C27H32Cl2N4O3S2. The molecule has 1 aliphatic carbocycles. The summed E-state index contributed by atoms with van der Waals surface area (Å²) in [6.45, 7) is 4.36. The number of carbonyl (C=O) groups excluding carboxylic acids is 1. The molecule has 5 rings (SSSR count). The molecular weight excluding hydrogens is 563 g/mol. The Balaban J connectivity index is 1.31. The van der Waals surface area contributed by atoms with Crippen LogP contribution in [0.1, 0.15) is 48.9 Å². The van der Waals surface area contributed by atoms with Gasteiger partial charge >= 0.3 is 0 Å². The largest absolute Gasteiger partial charge is 0.492 e. The third-order valence-electron chi connectivity index (χ3n) is 7.08. The number of aliphatic hydroxyl groups excluding tert-OH is 1. The van der Waals surface area contributed by atoms with Gasteiger partial charge in [0.05, 0.1) is 21.5 Å². The number of aromatic nitrogens is 1. The van der Waals surface area contributed by atoms with Gasteiger partial charge in [0.1, 0.15) is 16.4 Å². The number of piperazine rings is 1. The molecule has 2 fully saturated rings. The van der Waals surface area contributed by atoms with Crippen LogP contribution < -0.4 is 15.0 Å². The van der Waals surface area contributed by atoms with Crippen molar-refractivity contribution in [3.63, 3.8) is 0 Å². The van der Waals surface area contributed by atoms with Gasteiger partial charge in [0.2, 0.25) is 0 Å². The lowest BCUT2D eigenvalue weighted by Gasteiger charge is -2.41. The molecule has 1 aromatic carbocycles. The molecule has 2 N–H and O–H groups in total. The van der Waals surface area contributed by atoms with E-state index in [0.29, 0.717) is 39.5 Å². The maximum absolute atomic E-state index is 13.1. The van der Waals surface area contributed by atoms with E-state index in [9.17, 15) is 4.79 Å². The summed E-state index contributed by atoms with van der Waals surface area (Å²) < 4.78 is 5.56. The Hall–Kier alpha value is -1.88. The highest BCUT2D eigenvalue weighted by atomic mass is 35.5. The molecule has 0 unspecified atom stereocenters. The minimum Gasteiger partial charge on any atom is -0.492 e. The van der Waals surface area contributed by atoms with E-state index in [1.807, 2.05) is 11.4 Å². The Morgan fingerprint density at radius 2 is 1.92 bits per heavy atom. The summed E-state index contributed by atoms with van der Waals surface area (Å²) in [7, 11) is 0. The number of carbonyl (C=O) groups is 1. The average molecular weight is 596 g/mol. The van der Waals surface area contributed by atoms with Gasteiger partial charge in [-0.25, -0.2) is 4.98 Å². The third-order valence-corrected chi connectivity index (χ3v) is 9.69. The van der Waals surface area contributed by atoms with Crippen molar-refractivity contribution in [3.8, 4) is 16.3 Å². The highest BCUT2D eigenvalue weighted by Gasteiger charge is 2.28. The second-order valence-electron chi connectivity index (χ2n) is 9.64. The molecule has 0 bridgehead atoms. The van der Waals surface area contributed by atoms with E-state index in [-0.39, 0.29) is 12.5 Å². The molecule has 0 atom stereocenters. The van der Waals surface area contributed by atoms with E-state index in [1.165, 1.54) is 43.4 Å². The van der Waals surface area contributed by atoms with Gasteiger partial charge < -0.3 is 14.7 Å². The fourth-order valence-electron chi connectivity index (χ4n) is 5.09. The Bertz CT molecular complexity index is 1240. The molecule has 0 radical (unpaired) electrons. The molecule has 1 amide bonds. The van der Waals surface area contributed by atoms with Crippen molar-refractivity contribution >= 4 is 61.9 Å². The van der Waals surface area contributed by atoms with E-state index >= 15 is 0 Å². The maximum atomic E-state index is 13.1. The Morgan fingerprint density at radius 1 is 1.13 bits per heavy atom. The molecule has 7 nitrogen and oxygen atoms in total. The second kappa shape index (κ2) is 13.0. The summed E-state index contributed by atoms with van der Waals surface area (Å²) in [6, 6.07) is 7.59. The van der Waals surface area contributed by atoms with Crippen LogP contribution in [0.4, 0.5) is 10.1 Å². The van der Waals surface area contributed by atoms with E-state index in [4.69, 9.17) is 38.0 Å². The number of benzene rings is 1. The van der Waals surface area contributed by atoms with Crippen molar-refractivity contribution in [3.05, 3.63) is 45.3 Å². The van der Waals surface area contributed by atoms with Crippen molar-refractivity contribution in [1.29, 1.82) is 0 Å². The summed E-state index contributed by atoms with van der Waals surface area (Å²) in [5.41, 5.74) is 1.28. The molecule has 3 heterocycles. The Morgan fingerprint density at radius 3 is 2.61 bits per heavy atom. The van der Waals surface area contributed by atoms with Crippen LogP contribution in [-0.2, 0) is 0 Å². The second-order valence-corrected chi connectivity index (χ2v) is 12.4. The van der Waals surface area contributed by atoms with Gasteiger partial charge in [0.15, 0.2) is 5.13 Å². The molecule has 1 aliphatic heterocycles. The number of nitrogens with one attached hydrogen (secondary N) is 1. The smallest absolute Gasteiger partial charge is 0.257 e. The van der Waals surface area contributed by atoms with Crippen molar-refractivity contribution in [2.75, 3.05) is 49.6 Å². The minimum atomic E-state index is -0.285. The number of hydrogen-bond acceptors (Lipinski definition) is 8. The lowest BCUT2D eigenvalue weighted by molar-refractivity contribution is 0.102. The molecule has 2 aliphatic rings. The molecule has 204 valence electrons. The molecule has 1 saturated carbocycles. The first kappa shape index (κ1) is 27.7. The summed E-state index contributed by atoms with van der Waals surface area (Å²) in [5.74, 6) is 0.199. The van der Waals surface area contributed by atoms with Gasteiger partial charge in [-0.1, -0.05) is 53.8 Å². The monoisotopic (exact) mass is 594 g/mol. The normalized spacial score (nSPS) is 17.1. The van der Waals surface area contributed by atoms with Crippen LogP contribution in [0.15, 0.2) is 29.6 Å². The minimum absolute atomic E-state index is 0.0454. The molecule has 0 spiro atoms. The molecule has 3 aromatic rings. The first-order valence-corrected chi connectivity index (χ1v) is 15.6. The number of amides is 1. The SMILES string of the molecule is O=C(Nc1nc(-c2cc(Cl)cs2)c(N2CCN(C3CCCCC3)CC2)s1)c1ccc(OCCCO)c(Cl)c1. The highest BCUT2D eigenvalue weighted by molar-refractivity contribution is 7.21. The number of nitrogens with zero attached hydrogens (tertiary/aromatic N) is 3. The van der Waals surface area contributed by atoms with Crippen LogP contribution in [0, 0.1) is 0 Å². The standard InChI is InChI=1S/C27H32Cl2N4O3S2/c28-19-16-23(37-17-19)24-26(33-11-9-32(10-12-33)20-5-2-1-3-6-20)38-27(30-24)31-25(35)18-7-8-22(21(29)15-18)36-14-4-13-34/h7-8,15-17,20,34H,1-6,9-14H2,(H,30,31,35). The first-order valence-electron chi connectivity index (χ1n) is 13.1. The number of thiazole rings is 1. The lowest BCUT2D eigenvalue weighted by atomic mass is 9.94. The van der Waals surface area contributed by atoms with Crippen LogP contribution >= 0.6 is 45.9 Å². The molecule has 11 heteroatoms. The Labute approximate surface area is 241 Å². The number of hydrogen-bond donors (Lipinski definition) is 2. The fraction of sp³-hybridized carbons (Fsp3) is 0.481. The first-order chi connectivity index (χ1) is 18.5. The molecule has 2 aromatic heterocycles. The van der Waals surface area contributed by atoms with Gasteiger partial charge in [0, 0.05) is 56.2 Å². The number of aliphatic hydroxyl groups is 1. The van der Waals surface area contributed by atoms with Gasteiger partial charge in [-0.15, -0.1) is 11.3 Å². The summed E-state index contributed by atoms with van der Waals surface area (Å²) in [4.78, 5) is 24.0. The molecule has 1 saturated heterocycles. The predicted octanol–water partition coefficient (Wildman–Crippen LogP) is 6.65. The van der Waals surface area contributed by atoms with Crippen molar-refractivity contribution in [1.82, 2.24) is 9.88 Å². The number of thiophene rings is 1. The van der Waals surface area contributed by atoms with Crippen molar-refractivity contribution in [2.45, 2.75) is 44.6 Å². The maximum Gasteiger partial charge on any atom is 0.257 e. The van der Waals surface area contributed by atoms with Gasteiger partial charge in [-0.2, -0.15) is 0 Å². The lowest BCUT2D eigenvalue weighted by Crippen LogP contribution is -2.50. The van der Waals surface area contributed by atoms with Crippen LogP contribution in [0.5, 0.6) is 5.75 Å². The zero-order chi connectivity index (χ0) is 26.5. The Kier molecular flexibility index (Phi) is 9.46. The average Bonchev–Trinajstić information content (AvgIpc) is 3.56. The zero-order valence-corrected chi connectivity index (χ0v) is 24.3. The van der Waals surface area contributed by atoms with Crippen molar-refractivity contribution < 1.29 is 14.6 Å².